The first kappa shape index (κ1) is 12.7. The van der Waals surface area contributed by atoms with E-state index in [1.165, 1.54) is 0 Å². The van der Waals surface area contributed by atoms with Gasteiger partial charge >= 0.3 is 6.03 Å². The van der Waals surface area contributed by atoms with Crippen LogP contribution in [0.3, 0.4) is 0 Å². The predicted octanol–water partition coefficient (Wildman–Crippen LogP) is -0.0314. The molecule has 7 heteroatoms. The Balaban J connectivity index is 1.74. The number of nitrogens with one attached hydrogen (secondary N) is 1. The third kappa shape index (κ3) is 1.99. The lowest BCUT2D eigenvalue weighted by molar-refractivity contribution is 0.252. The van der Waals surface area contributed by atoms with Crippen LogP contribution in [0.2, 0.25) is 0 Å². The Kier molecular flexibility index (Phi) is 2.88. The molecule has 0 spiro atoms. The van der Waals surface area contributed by atoms with E-state index in [0.29, 0.717) is 0 Å². The second-order valence-electron chi connectivity index (χ2n) is 5.85. The van der Waals surface area contributed by atoms with Crippen molar-refractivity contribution in [2.24, 2.45) is 5.73 Å². The number of hydrogen-bond donors (Lipinski definition) is 2. The van der Waals surface area contributed by atoms with Crippen LogP contribution >= 0.6 is 0 Å². The van der Waals surface area contributed by atoms with Gasteiger partial charge in [-0.25, -0.2) is 9.78 Å². The van der Waals surface area contributed by atoms with Gasteiger partial charge in [0.1, 0.15) is 5.82 Å². The number of carbonyl (C=O) groups excluding carboxylic acids is 1. The number of nitrogens with two attached hydrogens (primary N) is 1. The molecule has 2 fully saturated rings. The van der Waals surface area contributed by atoms with Crippen LogP contribution in [0.25, 0.3) is 0 Å². The maximum Gasteiger partial charge on any atom is 0.320 e. The van der Waals surface area contributed by atoms with E-state index in [2.05, 4.69) is 27.2 Å². The van der Waals surface area contributed by atoms with E-state index in [0.717, 1.165) is 63.0 Å². The maximum absolute atomic E-state index is 11.9. The molecule has 2 bridgehead atoms. The number of carbonyl (C=O) groups is 1. The van der Waals surface area contributed by atoms with Crippen molar-refractivity contribution in [1.82, 2.24) is 10.3 Å². The van der Waals surface area contributed by atoms with Crippen molar-refractivity contribution >= 4 is 23.4 Å². The Bertz CT molecular complexity index is 571. The SMILES string of the molecule is NC(=O)N1c2nc(N3CCNCC3)ccc2N2CC[C@H]1C2. The first-order valence-corrected chi connectivity index (χ1v) is 7.54. The molecule has 0 unspecified atom stereocenters. The number of aromatic nitrogens is 1. The number of pyridine rings is 1. The molecule has 3 aliphatic heterocycles. The molecule has 7 nitrogen and oxygen atoms in total. The van der Waals surface area contributed by atoms with Crippen LogP contribution in [0.15, 0.2) is 12.1 Å². The van der Waals surface area contributed by atoms with Crippen LogP contribution in [-0.4, -0.2) is 56.3 Å². The number of primary amides is 1. The summed E-state index contributed by atoms with van der Waals surface area (Å²) in [7, 11) is 0. The van der Waals surface area contributed by atoms with Crippen LogP contribution in [0.5, 0.6) is 0 Å². The van der Waals surface area contributed by atoms with Gasteiger partial charge in [-0.15, -0.1) is 0 Å². The molecule has 1 aromatic rings. The van der Waals surface area contributed by atoms with E-state index in [-0.39, 0.29) is 6.04 Å². The Morgan fingerprint density at radius 1 is 1.24 bits per heavy atom. The molecule has 3 N–H and O–H groups in total. The molecule has 4 rings (SSSR count). The molecule has 1 atom stereocenters. The lowest BCUT2D eigenvalue weighted by atomic mass is 10.2. The number of fused-ring (bicyclic) bond motifs is 4. The van der Waals surface area contributed by atoms with E-state index >= 15 is 0 Å². The summed E-state index contributed by atoms with van der Waals surface area (Å²) in [6, 6.07) is 3.91. The molecule has 112 valence electrons. The number of piperazine rings is 1. The number of rotatable bonds is 1. The second kappa shape index (κ2) is 4.77. The van der Waals surface area contributed by atoms with E-state index in [1.54, 1.807) is 4.90 Å². The van der Waals surface area contributed by atoms with Crippen molar-refractivity contribution < 1.29 is 4.79 Å². The predicted molar refractivity (Wildman–Crippen MR) is 82.0 cm³/mol. The van der Waals surface area contributed by atoms with E-state index in [9.17, 15) is 4.79 Å². The number of anilines is 3. The highest BCUT2D eigenvalue weighted by Gasteiger charge is 2.39. The minimum Gasteiger partial charge on any atom is -0.366 e. The van der Waals surface area contributed by atoms with Crippen molar-refractivity contribution in [3.63, 3.8) is 0 Å². The summed E-state index contributed by atoms with van der Waals surface area (Å²) in [6.45, 7) is 5.64. The highest BCUT2D eigenvalue weighted by atomic mass is 16.2. The monoisotopic (exact) mass is 288 g/mol. The van der Waals surface area contributed by atoms with Gasteiger partial charge in [0.05, 0.1) is 11.7 Å². The average molecular weight is 288 g/mol. The summed E-state index contributed by atoms with van der Waals surface area (Å²) in [5.41, 5.74) is 6.63. The van der Waals surface area contributed by atoms with Crippen molar-refractivity contribution in [3.05, 3.63) is 12.1 Å². The molecule has 0 aromatic carbocycles. The molecular weight excluding hydrogens is 268 g/mol. The molecule has 2 amide bonds. The normalized spacial score (nSPS) is 24.2. The van der Waals surface area contributed by atoms with Gasteiger partial charge in [-0.1, -0.05) is 0 Å². The van der Waals surface area contributed by atoms with Crippen LogP contribution in [0, 0.1) is 0 Å². The Morgan fingerprint density at radius 3 is 2.81 bits per heavy atom. The van der Waals surface area contributed by atoms with Gasteiger partial charge in [-0.3, -0.25) is 4.90 Å². The zero-order valence-corrected chi connectivity index (χ0v) is 12.0. The molecule has 1 aromatic heterocycles. The fourth-order valence-corrected chi connectivity index (χ4v) is 3.55. The number of urea groups is 1. The molecule has 21 heavy (non-hydrogen) atoms. The zero-order valence-electron chi connectivity index (χ0n) is 12.0. The van der Waals surface area contributed by atoms with Gasteiger partial charge in [0.15, 0.2) is 5.82 Å². The summed E-state index contributed by atoms with van der Waals surface area (Å²) in [5, 5.41) is 3.34. The molecule has 0 saturated carbocycles. The lowest BCUT2D eigenvalue weighted by Gasteiger charge is -2.36. The topological polar surface area (TPSA) is 77.7 Å². The fourth-order valence-electron chi connectivity index (χ4n) is 3.55. The van der Waals surface area contributed by atoms with Gasteiger partial charge in [0, 0.05) is 39.3 Å². The van der Waals surface area contributed by atoms with Crippen LogP contribution in [0.1, 0.15) is 6.42 Å². The largest absolute Gasteiger partial charge is 0.366 e. The smallest absolute Gasteiger partial charge is 0.320 e. The second-order valence-corrected chi connectivity index (χ2v) is 5.85. The summed E-state index contributed by atoms with van der Waals surface area (Å²) in [5.74, 6) is 1.66. The summed E-state index contributed by atoms with van der Waals surface area (Å²) in [4.78, 5) is 22.9. The first-order valence-electron chi connectivity index (χ1n) is 7.54. The van der Waals surface area contributed by atoms with Crippen molar-refractivity contribution in [3.8, 4) is 0 Å². The molecule has 2 saturated heterocycles. The number of nitrogens with zero attached hydrogens (tertiary/aromatic N) is 4. The summed E-state index contributed by atoms with van der Waals surface area (Å²) < 4.78 is 0. The molecule has 3 aliphatic rings. The lowest BCUT2D eigenvalue weighted by Crippen LogP contribution is -2.49. The fraction of sp³-hybridized carbons (Fsp3) is 0.571. The molecule has 0 aliphatic carbocycles. The summed E-state index contributed by atoms with van der Waals surface area (Å²) in [6.07, 6.45) is 0.961. The first-order chi connectivity index (χ1) is 10.2. The highest BCUT2D eigenvalue weighted by molar-refractivity contribution is 5.96. The van der Waals surface area contributed by atoms with Crippen LogP contribution in [0.4, 0.5) is 22.1 Å². The minimum atomic E-state index is -0.396. The van der Waals surface area contributed by atoms with Crippen molar-refractivity contribution in [2.45, 2.75) is 12.5 Å². The van der Waals surface area contributed by atoms with E-state index in [1.807, 2.05) is 0 Å². The molecular formula is C14H20N6O. The van der Waals surface area contributed by atoms with E-state index in [4.69, 9.17) is 10.7 Å². The third-order valence-electron chi connectivity index (χ3n) is 4.62. The van der Waals surface area contributed by atoms with Crippen molar-refractivity contribution in [2.75, 3.05) is 54.0 Å². The number of hydrogen-bond acceptors (Lipinski definition) is 5. The highest BCUT2D eigenvalue weighted by Crippen LogP contribution is 2.39. The standard InChI is InChI=1S/C14H20N6O/c15-14(21)20-10-3-6-19(9-10)11-1-2-12(17-13(11)20)18-7-4-16-5-8-18/h1-2,10,16H,3-9H2,(H2,15,21)/t10-/m0/s1. The van der Waals surface area contributed by atoms with Gasteiger partial charge in [0.2, 0.25) is 0 Å². The van der Waals surface area contributed by atoms with E-state index < -0.39 is 6.03 Å². The van der Waals surface area contributed by atoms with Crippen LogP contribution in [-0.2, 0) is 0 Å². The molecule has 0 radical (unpaired) electrons. The maximum atomic E-state index is 11.9. The van der Waals surface area contributed by atoms with Crippen molar-refractivity contribution in [1.29, 1.82) is 0 Å². The van der Waals surface area contributed by atoms with Gasteiger partial charge in [-0.05, 0) is 18.6 Å². The van der Waals surface area contributed by atoms with Crippen LogP contribution < -0.4 is 25.8 Å². The Hall–Kier alpha value is -2.02. The van der Waals surface area contributed by atoms with Gasteiger partial charge in [-0.2, -0.15) is 0 Å². The number of amides is 2. The Morgan fingerprint density at radius 2 is 2.05 bits per heavy atom. The molecule has 4 heterocycles. The van der Waals surface area contributed by atoms with Gasteiger partial charge in [0.25, 0.3) is 0 Å². The Labute approximate surface area is 123 Å². The quantitative estimate of drug-likeness (QED) is 0.759. The minimum absolute atomic E-state index is 0.167. The zero-order chi connectivity index (χ0) is 14.4. The summed E-state index contributed by atoms with van der Waals surface area (Å²) >= 11 is 0. The van der Waals surface area contributed by atoms with Gasteiger partial charge < -0.3 is 20.9 Å². The third-order valence-corrected chi connectivity index (χ3v) is 4.62. The average Bonchev–Trinajstić information content (AvgIpc) is 2.92.